The standard InChI is InChI=1S/C41H38N8O2/c1-40(2,3)26-17-18-42-35(22-26)48-33-25-34-32(24-31(33)46(38(48)50)28-13-9-7-10-14-28)47(29-15-11-8-12-16-29)39(51)49(34)36-23-27(41(4,5)6)21-30(45-36)37-43-19-20-44-37/h7-25H,1-6H3,(H,43,44). The molecule has 10 heteroatoms. The predicted octanol–water partition coefficient (Wildman–Crippen LogP) is 7.65. The lowest BCUT2D eigenvalue weighted by molar-refractivity contribution is 0.588. The summed E-state index contributed by atoms with van der Waals surface area (Å²) in [6.07, 6.45) is 5.18. The van der Waals surface area contributed by atoms with E-state index in [1.165, 1.54) is 0 Å². The lowest BCUT2D eigenvalue weighted by atomic mass is 9.87. The Kier molecular flexibility index (Phi) is 7.30. The maximum Gasteiger partial charge on any atom is 0.339 e. The van der Waals surface area contributed by atoms with Gasteiger partial charge < -0.3 is 4.98 Å². The molecule has 0 bridgehead atoms. The van der Waals surface area contributed by atoms with Crippen molar-refractivity contribution in [3.63, 3.8) is 0 Å². The van der Waals surface area contributed by atoms with Crippen molar-refractivity contribution < 1.29 is 0 Å². The van der Waals surface area contributed by atoms with E-state index in [0.717, 1.165) is 11.1 Å². The molecule has 1 N–H and O–H groups in total. The van der Waals surface area contributed by atoms with Gasteiger partial charge >= 0.3 is 11.4 Å². The maximum absolute atomic E-state index is 14.9. The van der Waals surface area contributed by atoms with E-state index >= 15 is 0 Å². The summed E-state index contributed by atoms with van der Waals surface area (Å²) in [4.78, 5) is 46.9. The van der Waals surface area contributed by atoms with Gasteiger partial charge in [-0.3, -0.25) is 9.13 Å². The smallest absolute Gasteiger partial charge is 0.339 e. The fraction of sp³-hybridized carbons (Fsp3) is 0.195. The maximum atomic E-state index is 14.9. The Hall–Kier alpha value is -6.29. The van der Waals surface area contributed by atoms with Gasteiger partial charge in [0.2, 0.25) is 0 Å². The Bertz CT molecular complexity index is 2680. The molecule has 3 aromatic carbocycles. The summed E-state index contributed by atoms with van der Waals surface area (Å²) in [6.45, 7) is 12.8. The van der Waals surface area contributed by atoms with E-state index in [1.807, 2.05) is 97.1 Å². The molecule has 8 aromatic rings. The first-order chi connectivity index (χ1) is 24.4. The van der Waals surface area contributed by atoms with Crippen LogP contribution in [0.4, 0.5) is 0 Å². The van der Waals surface area contributed by atoms with Crippen LogP contribution < -0.4 is 11.4 Å². The van der Waals surface area contributed by atoms with E-state index in [1.54, 1.807) is 36.9 Å². The van der Waals surface area contributed by atoms with E-state index in [-0.39, 0.29) is 22.2 Å². The van der Waals surface area contributed by atoms with Crippen LogP contribution in [0, 0.1) is 0 Å². The third kappa shape index (κ3) is 5.40. The molecule has 0 atom stereocenters. The number of benzene rings is 3. The number of rotatable bonds is 5. The number of imidazole rings is 3. The third-order valence-corrected chi connectivity index (χ3v) is 9.32. The Balaban J connectivity index is 1.53. The number of hydrogen-bond acceptors (Lipinski definition) is 5. The second-order valence-corrected chi connectivity index (χ2v) is 14.8. The molecule has 5 heterocycles. The summed E-state index contributed by atoms with van der Waals surface area (Å²) >= 11 is 0. The predicted molar refractivity (Wildman–Crippen MR) is 202 cm³/mol. The van der Waals surface area contributed by atoms with Crippen LogP contribution in [0.1, 0.15) is 52.7 Å². The van der Waals surface area contributed by atoms with Gasteiger partial charge in [-0.1, -0.05) is 77.9 Å². The van der Waals surface area contributed by atoms with Gasteiger partial charge in [-0.05, 0) is 82.6 Å². The van der Waals surface area contributed by atoms with Crippen LogP contribution in [0.25, 0.3) is 56.6 Å². The van der Waals surface area contributed by atoms with Crippen LogP contribution in [0.2, 0.25) is 0 Å². The molecule has 0 aliphatic carbocycles. The molecule has 0 radical (unpaired) electrons. The third-order valence-electron chi connectivity index (χ3n) is 9.32. The highest BCUT2D eigenvalue weighted by Crippen LogP contribution is 2.32. The van der Waals surface area contributed by atoms with Crippen molar-refractivity contribution >= 4 is 22.1 Å². The first-order valence-corrected chi connectivity index (χ1v) is 17.0. The monoisotopic (exact) mass is 674 g/mol. The van der Waals surface area contributed by atoms with Gasteiger partial charge in [-0.15, -0.1) is 0 Å². The highest BCUT2D eigenvalue weighted by molar-refractivity contribution is 5.95. The van der Waals surface area contributed by atoms with E-state index in [9.17, 15) is 9.59 Å². The quantitative estimate of drug-likeness (QED) is 0.202. The van der Waals surface area contributed by atoms with E-state index in [4.69, 9.17) is 9.97 Å². The van der Waals surface area contributed by atoms with Gasteiger partial charge in [-0.25, -0.2) is 33.7 Å². The van der Waals surface area contributed by atoms with Crippen LogP contribution in [0.5, 0.6) is 0 Å². The summed E-state index contributed by atoms with van der Waals surface area (Å²) in [5.41, 5.74) is 5.51. The van der Waals surface area contributed by atoms with Crippen molar-refractivity contribution in [2.24, 2.45) is 0 Å². The number of nitrogens with one attached hydrogen (secondary N) is 1. The zero-order chi connectivity index (χ0) is 35.7. The molecule has 0 amide bonds. The van der Waals surface area contributed by atoms with E-state index in [2.05, 4.69) is 51.5 Å². The van der Waals surface area contributed by atoms with Crippen molar-refractivity contribution in [2.45, 2.75) is 52.4 Å². The summed E-state index contributed by atoms with van der Waals surface area (Å²) in [5.74, 6) is 1.54. The minimum absolute atomic E-state index is 0.171. The second-order valence-electron chi connectivity index (χ2n) is 14.8. The molecule has 5 aromatic heterocycles. The van der Waals surface area contributed by atoms with Crippen LogP contribution in [0.15, 0.2) is 125 Å². The van der Waals surface area contributed by atoms with Crippen molar-refractivity contribution in [3.05, 3.63) is 148 Å². The zero-order valence-corrected chi connectivity index (χ0v) is 29.4. The van der Waals surface area contributed by atoms with E-state index in [0.29, 0.717) is 56.6 Å². The van der Waals surface area contributed by atoms with Gasteiger partial charge in [0, 0.05) is 18.6 Å². The molecule has 0 saturated carbocycles. The topological polar surface area (TPSA) is 108 Å². The Morgan fingerprint density at radius 3 is 1.55 bits per heavy atom. The Morgan fingerprint density at radius 1 is 0.529 bits per heavy atom. The number of aromatic amines is 1. The van der Waals surface area contributed by atoms with Gasteiger partial charge in [0.25, 0.3) is 0 Å². The molecule has 0 saturated heterocycles. The molecule has 0 fully saturated rings. The first kappa shape index (κ1) is 31.9. The highest BCUT2D eigenvalue weighted by Gasteiger charge is 2.26. The minimum Gasteiger partial charge on any atom is -0.343 e. The fourth-order valence-electron chi connectivity index (χ4n) is 6.58. The lowest BCUT2D eigenvalue weighted by Gasteiger charge is -2.20. The molecule has 0 aliphatic heterocycles. The molecule has 0 unspecified atom stereocenters. The number of hydrogen-bond donors (Lipinski definition) is 1. The fourth-order valence-corrected chi connectivity index (χ4v) is 6.58. The van der Waals surface area contributed by atoms with Gasteiger partial charge in [0.1, 0.15) is 17.3 Å². The van der Waals surface area contributed by atoms with Crippen LogP contribution in [-0.4, -0.2) is 38.2 Å². The minimum atomic E-state index is -0.291. The zero-order valence-electron chi connectivity index (χ0n) is 29.4. The van der Waals surface area contributed by atoms with E-state index < -0.39 is 0 Å². The normalized spacial score (nSPS) is 12.3. The molecule has 254 valence electrons. The Morgan fingerprint density at radius 2 is 1.04 bits per heavy atom. The molecule has 8 rings (SSSR count). The molecule has 0 spiro atoms. The summed E-state index contributed by atoms with van der Waals surface area (Å²) in [7, 11) is 0. The SMILES string of the molecule is CC(C)(C)c1ccnc(-n2c(=O)n(-c3ccccc3)c3cc4c(cc32)n(-c2cc(C(C)(C)C)cc(-c3ncc[nH]3)n2)c(=O)n4-c2ccccc2)c1. The average Bonchev–Trinajstić information content (AvgIpc) is 3.82. The largest absolute Gasteiger partial charge is 0.343 e. The number of H-pyrrole nitrogens is 1. The van der Waals surface area contributed by atoms with Crippen LogP contribution >= 0.6 is 0 Å². The van der Waals surface area contributed by atoms with Gasteiger partial charge in [0.05, 0.1) is 33.4 Å². The van der Waals surface area contributed by atoms with Crippen molar-refractivity contribution in [3.8, 4) is 34.5 Å². The molecule has 10 nitrogen and oxygen atoms in total. The van der Waals surface area contributed by atoms with Gasteiger partial charge in [-0.2, -0.15) is 0 Å². The number of fused-ring (bicyclic) bond motifs is 2. The highest BCUT2D eigenvalue weighted by atomic mass is 16.2. The average molecular weight is 675 g/mol. The molecular formula is C41H38N8O2. The molecular weight excluding hydrogens is 637 g/mol. The lowest BCUT2D eigenvalue weighted by Crippen LogP contribution is -2.24. The Labute approximate surface area is 294 Å². The first-order valence-electron chi connectivity index (χ1n) is 17.0. The van der Waals surface area contributed by atoms with Crippen molar-refractivity contribution in [2.75, 3.05) is 0 Å². The van der Waals surface area contributed by atoms with Crippen LogP contribution in [0.3, 0.4) is 0 Å². The van der Waals surface area contributed by atoms with Crippen molar-refractivity contribution in [1.82, 2.24) is 38.2 Å². The summed E-state index contributed by atoms with van der Waals surface area (Å²) < 4.78 is 6.64. The second kappa shape index (κ2) is 11.7. The summed E-state index contributed by atoms with van der Waals surface area (Å²) in [5, 5.41) is 0. The molecule has 0 aliphatic rings. The van der Waals surface area contributed by atoms with Crippen molar-refractivity contribution in [1.29, 1.82) is 0 Å². The number of para-hydroxylation sites is 2. The molecule has 51 heavy (non-hydrogen) atoms. The van der Waals surface area contributed by atoms with Gasteiger partial charge in [0.15, 0.2) is 5.82 Å². The number of pyridine rings is 2. The number of aromatic nitrogens is 8. The van der Waals surface area contributed by atoms with Crippen LogP contribution in [-0.2, 0) is 10.8 Å². The summed E-state index contributed by atoms with van der Waals surface area (Å²) in [6, 6.07) is 30.8. The number of nitrogens with zero attached hydrogens (tertiary/aromatic N) is 7.